The van der Waals surface area contributed by atoms with Crippen LogP contribution in [0.4, 0.5) is 0 Å². The maximum atomic E-state index is 11.8. The number of hydrogen-bond acceptors (Lipinski definition) is 4. The van der Waals surface area contributed by atoms with E-state index in [0.717, 1.165) is 13.0 Å². The van der Waals surface area contributed by atoms with Crippen molar-refractivity contribution < 1.29 is 15.0 Å². The molecule has 1 rings (SSSR count). The molecular formula is C9H18N2O3. The van der Waals surface area contributed by atoms with Gasteiger partial charge in [-0.3, -0.25) is 4.79 Å². The number of rotatable bonds is 5. The minimum atomic E-state index is -0.0497. The molecule has 0 bridgehead atoms. The summed E-state index contributed by atoms with van der Waals surface area (Å²) in [6.45, 7) is 2.12. The Kier molecular flexibility index (Phi) is 4.86. The number of aliphatic hydroxyl groups excluding tert-OH is 2. The monoisotopic (exact) mass is 202 g/mol. The first-order valence-corrected chi connectivity index (χ1v) is 5.00. The highest BCUT2D eigenvalue weighted by atomic mass is 16.3. The Morgan fingerprint density at radius 2 is 2.00 bits per heavy atom. The van der Waals surface area contributed by atoms with Gasteiger partial charge in [-0.05, 0) is 13.0 Å². The number of amides is 1. The molecule has 1 atom stereocenters. The van der Waals surface area contributed by atoms with Crippen LogP contribution in [0, 0.1) is 5.92 Å². The molecule has 1 aliphatic heterocycles. The van der Waals surface area contributed by atoms with Crippen molar-refractivity contribution in [1.82, 2.24) is 10.2 Å². The van der Waals surface area contributed by atoms with Crippen molar-refractivity contribution in [2.75, 3.05) is 39.4 Å². The van der Waals surface area contributed by atoms with E-state index >= 15 is 0 Å². The van der Waals surface area contributed by atoms with Crippen molar-refractivity contribution in [3.8, 4) is 0 Å². The van der Waals surface area contributed by atoms with Crippen molar-refractivity contribution in [3.05, 3.63) is 0 Å². The molecule has 0 saturated carbocycles. The number of aliphatic hydroxyl groups is 2. The molecule has 3 N–H and O–H groups in total. The lowest BCUT2D eigenvalue weighted by Crippen LogP contribution is -2.40. The zero-order chi connectivity index (χ0) is 10.4. The second kappa shape index (κ2) is 5.95. The van der Waals surface area contributed by atoms with Gasteiger partial charge in [0.05, 0.1) is 19.1 Å². The molecule has 1 saturated heterocycles. The summed E-state index contributed by atoms with van der Waals surface area (Å²) in [5.41, 5.74) is 0. The van der Waals surface area contributed by atoms with Crippen LogP contribution < -0.4 is 5.32 Å². The lowest BCUT2D eigenvalue weighted by atomic mass is 10.1. The zero-order valence-electron chi connectivity index (χ0n) is 8.28. The summed E-state index contributed by atoms with van der Waals surface area (Å²) >= 11 is 0. The molecule has 82 valence electrons. The standard InChI is InChI=1S/C9H18N2O3/c12-5-3-11(4-6-13)9(14)8-1-2-10-7-8/h8,10,12-13H,1-7H2. The number of hydrogen-bond donors (Lipinski definition) is 3. The molecule has 5 heteroatoms. The van der Waals surface area contributed by atoms with E-state index in [0.29, 0.717) is 19.6 Å². The molecule has 1 amide bonds. The molecule has 0 aromatic rings. The fourth-order valence-electron chi connectivity index (χ4n) is 1.70. The topological polar surface area (TPSA) is 72.8 Å². The molecule has 14 heavy (non-hydrogen) atoms. The molecule has 1 unspecified atom stereocenters. The first-order chi connectivity index (χ1) is 6.79. The summed E-state index contributed by atoms with van der Waals surface area (Å²) in [6.07, 6.45) is 0.853. The number of carbonyl (C=O) groups excluding carboxylic acids is 1. The Morgan fingerprint density at radius 3 is 2.43 bits per heavy atom. The summed E-state index contributed by atoms with van der Waals surface area (Å²) in [5.74, 6) is 0.0613. The second-order valence-corrected chi connectivity index (χ2v) is 3.46. The normalized spacial score (nSPS) is 21.1. The Morgan fingerprint density at radius 1 is 1.36 bits per heavy atom. The first kappa shape index (κ1) is 11.4. The molecule has 1 heterocycles. The molecule has 0 aromatic heterocycles. The first-order valence-electron chi connectivity index (χ1n) is 5.00. The Bertz CT molecular complexity index is 175. The van der Waals surface area contributed by atoms with Crippen molar-refractivity contribution in [1.29, 1.82) is 0 Å². The van der Waals surface area contributed by atoms with Gasteiger partial charge in [-0.2, -0.15) is 0 Å². The molecule has 0 aromatic carbocycles. The predicted octanol–water partition coefficient (Wildman–Crippen LogP) is -1.59. The van der Waals surface area contributed by atoms with Gasteiger partial charge >= 0.3 is 0 Å². The maximum Gasteiger partial charge on any atom is 0.227 e. The van der Waals surface area contributed by atoms with Gasteiger partial charge in [-0.15, -0.1) is 0 Å². The van der Waals surface area contributed by atoms with Crippen LogP contribution in [0.1, 0.15) is 6.42 Å². The van der Waals surface area contributed by atoms with Gasteiger partial charge in [0.1, 0.15) is 0 Å². The fraction of sp³-hybridized carbons (Fsp3) is 0.889. The Labute approximate surface area is 83.7 Å². The molecular weight excluding hydrogens is 184 g/mol. The Balaban J connectivity index is 2.43. The average Bonchev–Trinajstić information content (AvgIpc) is 2.69. The van der Waals surface area contributed by atoms with Crippen LogP contribution in [-0.2, 0) is 4.79 Å². The third-order valence-electron chi connectivity index (χ3n) is 2.46. The SMILES string of the molecule is O=C(C1CCNC1)N(CCO)CCO. The maximum absolute atomic E-state index is 11.8. The highest BCUT2D eigenvalue weighted by molar-refractivity contribution is 5.79. The van der Waals surface area contributed by atoms with E-state index in [9.17, 15) is 4.79 Å². The third-order valence-corrected chi connectivity index (χ3v) is 2.46. The van der Waals surface area contributed by atoms with Crippen LogP contribution in [0.5, 0.6) is 0 Å². The predicted molar refractivity (Wildman–Crippen MR) is 51.7 cm³/mol. The van der Waals surface area contributed by atoms with Crippen LogP contribution in [0.3, 0.4) is 0 Å². The molecule has 0 radical (unpaired) electrons. The van der Waals surface area contributed by atoms with Crippen LogP contribution in [0.2, 0.25) is 0 Å². The van der Waals surface area contributed by atoms with Crippen molar-refractivity contribution in [3.63, 3.8) is 0 Å². The minimum Gasteiger partial charge on any atom is -0.395 e. The summed E-state index contributed by atoms with van der Waals surface area (Å²) < 4.78 is 0. The van der Waals surface area contributed by atoms with Gasteiger partial charge in [-0.1, -0.05) is 0 Å². The van der Waals surface area contributed by atoms with E-state index in [2.05, 4.69) is 5.32 Å². The van der Waals surface area contributed by atoms with Crippen molar-refractivity contribution >= 4 is 5.91 Å². The molecule has 1 fully saturated rings. The summed E-state index contributed by atoms with van der Waals surface area (Å²) in [6, 6.07) is 0. The van der Waals surface area contributed by atoms with Gasteiger partial charge < -0.3 is 20.4 Å². The molecule has 1 aliphatic rings. The lowest BCUT2D eigenvalue weighted by molar-refractivity contribution is -0.135. The fourth-order valence-corrected chi connectivity index (χ4v) is 1.70. The van der Waals surface area contributed by atoms with Gasteiger partial charge in [0, 0.05) is 19.6 Å². The third kappa shape index (κ3) is 2.94. The van der Waals surface area contributed by atoms with E-state index in [4.69, 9.17) is 10.2 Å². The van der Waals surface area contributed by atoms with E-state index in [1.54, 1.807) is 0 Å². The minimum absolute atomic E-state index is 0.0214. The van der Waals surface area contributed by atoms with E-state index in [-0.39, 0.29) is 25.0 Å². The summed E-state index contributed by atoms with van der Waals surface area (Å²) in [7, 11) is 0. The quantitative estimate of drug-likeness (QED) is 0.502. The highest BCUT2D eigenvalue weighted by Crippen LogP contribution is 2.11. The number of nitrogens with one attached hydrogen (secondary N) is 1. The van der Waals surface area contributed by atoms with Crippen LogP contribution >= 0.6 is 0 Å². The van der Waals surface area contributed by atoms with E-state index in [1.807, 2.05) is 0 Å². The van der Waals surface area contributed by atoms with Crippen LogP contribution in [0.25, 0.3) is 0 Å². The summed E-state index contributed by atoms with van der Waals surface area (Å²) in [5, 5.41) is 20.6. The molecule has 5 nitrogen and oxygen atoms in total. The van der Waals surface area contributed by atoms with E-state index < -0.39 is 0 Å². The molecule has 0 aliphatic carbocycles. The van der Waals surface area contributed by atoms with Gasteiger partial charge in [-0.25, -0.2) is 0 Å². The van der Waals surface area contributed by atoms with E-state index in [1.165, 1.54) is 4.90 Å². The number of carbonyl (C=O) groups is 1. The average molecular weight is 202 g/mol. The highest BCUT2D eigenvalue weighted by Gasteiger charge is 2.26. The van der Waals surface area contributed by atoms with Crippen molar-refractivity contribution in [2.24, 2.45) is 5.92 Å². The smallest absolute Gasteiger partial charge is 0.227 e. The largest absolute Gasteiger partial charge is 0.395 e. The summed E-state index contributed by atoms with van der Waals surface area (Å²) in [4.78, 5) is 13.3. The Hall–Kier alpha value is -0.650. The van der Waals surface area contributed by atoms with Gasteiger partial charge in [0.25, 0.3) is 0 Å². The van der Waals surface area contributed by atoms with Gasteiger partial charge in [0.2, 0.25) is 5.91 Å². The second-order valence-electron chi connectivity index (χ2n) is 3.46. The van der Waals surface area contributed by atoms with Gasteiger partial charge in [0.15, 0.2) is 0 Å². The van der Waals surface area contributed by atoms with Crippen LogP contribution in [-0.4, -0.2) is 60.4 Å². The van der Waals surface area contributed by atoms with Crippen LogP contribution in [0.15, 0.2) is 0 Å². The number of nitrogens with zero attached hydrogens (tertiary/aromatic N) is 1. The zero-order valence-corrected chi connectivity index (χ0v) is 8.28. The lowest BCUT2D eigenvalue weighted by Gasteiger charge is -2.23. The van der Waals surface area contributed by atoms with Crippen molar-refractivity contribution in [2.45, 2.75) is 6.42 Å². The molecule has 0 spiro atoms.